The number of hydrogen-bond donors (Lipinski definition) is 0. The molecule has 3 heterocycles. The van der Waals surface area contributed by atoms with Gasteiger partial charge in [0, 0.05) is 65.1 Å². The summed E-state index contributed by atoms with van der Waals surface area (Å²) in [5.74, 6) is 2.21. The van der Waals surface area contributed by atoms with Crippen molar-refractivity contribution < 1.29 is 0 Å². The van der Waals surface area contributed by atoms with Crippen molar-refractivity contribution in [3.8, 4) is 51.0 Å². The molecule has 5 heteroatoms. The Bertz CT molecular complexity index is 3030. The van der Waals surface area contributed by atoms with Crippen molar-refractivity contribution in [1.82, 2.24) is 19.5 Å². The number of fused-ring (bicyclic) bond motifs is 6. The third kappa shape index (κ3) is 5.47. The molecule has 56 heavy (non-hydrogen) atoms. The second-order valence-corrected chi connectivity index (χ2v) is 15.4. The van der Waals surface area contributed by atoms with E-state index in [-0.39, 0.29) is 5.92 Å². The van der Waals surface area contributed by atoms with Crippen LogP contribution in [0.3, 0.4) is 0 Å². The van der Waals surface area contributed by atoms with Crippen LogP contribution in [0.5, 0.6) is 0 Å². The summed E-state index contributed by atoms with van der Waals surface area (Å²) in [6.45, 7) is 0. The van der Waals surface area contributed by atoms with Gasteiger partial charge in [-0.15, -0.1) is 11.3 Å². The Balaban J connectivity index is 0.998. The fraction of sp³-hybridized carbons (Fsp3) is 0.0392. The highest BCUT2D eigenvalue weighted by Gasteiger charge is 2.26. The Labute approximate surface area is 328 Å². The zero-order valence-corrected chi connectivity index (χ0v) is 31.2. The van der Waals surface area contributed by atoms with Crippen LogP contribution in [0.1, 0.15) is 22.7 Å². The van der Waals surface area contributed by atoms with Crippen LogP contribution in [-0.4, -0.2) is 19.5 Å². The molecule has 0 aliphatic heterocycles. The summed E-state index contributed by atoms with van der Waals surface area (Å²) in [5.41, 5.74) is 11.8. The van der Waals surface area contributed by atoms with E-state index >= 15 is 0 Å². The minimum atomic E-state index is 0.236. The molecule has 0 radical (unpaired) electrons. The van der Waals surface area contributed by atoms with Crippen LogP contribution >= 0.6 is 11.3 Å². The second-order valence-electron chi connectivity index (χ2n) is 14.3. The lowest BCUT2D eigenvalue weighted by Gasteiger charge is -2.21. The zero-order valence-electron chi connectivity index (χ0n) is 30.4. The van der Waals surface area contributed by atoms with Gasteiger partial charge in [-0.25, -0.2) is 15.0 Å². The topological polar surface area (TPSA) is 43.6 Å². The maximum atomic E-state index is 4.98. The predicted octanol–water partition coefficient (Wildman–Crippen LogP) is 13.2. The summed E-state index contributed by atoms with van der Waals surface area (Å²) in [5, 5.41) is 3.93. The lowest BCUT2D eigenvalue weighted by molar-refractivity contribution is 0.789. The number of thiophene rings is 1. The SMILES string of the molecule is C1=CC(c2cccc3c2sc2c(-c4ccccc4)cccc23)Cc2c1c1ccccc1n2-c1ccc(-c2nc(-c3ccccc3)nc(-c3ccccc3)n2)cc1. The molecule has 0 saturated carbocycles. The minimum absolute atomic E-state index is 0.236. The molecule has 264 valence electrons. The average molecular weight is 735 g/mol. The molecule has 1 atom stereocenters. The number of hydrogen-bond acceptors (Lipinski definition) is 4. The number of nitrogens with zero attached hydrogens (tertiary/aromatic N) is 4. The molecule has 3 aromatic heterocycles. The standard InChI is InChI=1S/C51H34N4S/c1-4-14-33(15-5-1)39-21-12-23-43-44-24-13-22-40(48(44)56-47(39)43)37-28-31-42-41-20-10-11-25-45(41)55(46(42)32-37)38-29-26-36(27-30-38)51-53-49(34-16-6-2-7-17-34)52-50(54-51)35-18-8-3-9-19-35/h1-31,37H,32H2. The van der Waals surface area contributed by atoms with E-state index < -0.39 is 0 Å². The molecule has 7 aromatic carbocycles. The Morgan fingerprint density at radius 3 is 1.66 bits per heavy atom. The van der Waals surface area contributed by atoms with Gasteiger partial charge in [0.2, 0.25) is 0 Å². The van der Waals surface area contributed by atoms with E-state index in [0.29, 0.717) is 17.5 Å². The summed E-state index contributed by atoms with van der Waals surface area (Å²) >= 11 is 1.93. The largest absolute Gasteiger partial charge is 0.313 e. The first-order valence-corrected chi connectivity index (χ1v) is 19.9. The molecular weight excluding hydrogens is 701 g/mol. The minimum Gasteiger partial charge on any atom is -0.313 e. The normalized spacial score (nSPS) is 13.8. The van der Waals surface area contributed by atoms with Gasteiger partial charge in [0.05, 0.1) is 5.52 Å². The van der Waals surface area contributed by atoms with Gasteiger partial charge in [-0.05, 0) is 53.4 Å². The molecule has 0 amide bonds. The monoisotopic (exact) mass is 734 g/mol. The Kier molecular flexibility index (Phi) is 7.78. The fourth-order valence-corrected chi connectivity index (χ4v) is 9.79. The maximum absolute atomic E-state index is 4.98. The Hall–Kier alpha value is -6.95. The van der Waals surface area contributed by atoms with E-state index in [1.807, 2.05) is 72.0 Å². The second kappa shape index (κ2) is 13.4. The quantitative estimate of drug-likeness (QED) is 0.171. The van der Waals surface area contributed by atoms with Gasteiger partial charge in [-0.1, -0.05) is 158 Å². The number of allylic oxidation sites excluding steroid dienone is 1. The molecule has 1 aliphatic rings. The highest BCUT2D eigenvalue weighted by molar-refractivity contribution is 7.26. The van der Waals surface area contributed by atoms with Crippen molar-refractivity contribution >= 4 is 48.5 Å². The van der Waals surface area contributed by atoms with Crippen molar-refractivity contribution in [3.05, 3.63) is 199 Å². The maximum Gasteiger partial charge on any atom is 0.164 e. The lowest BCUT2D eigenvalue weighted by Crippen LogP contribution is -2.10. The predicted molar refractivity (Wildman–Crippen MR) is 233 cm³/mol. The summed E-state index contributed by atoms with van der Waals surface area (Å²) in [6.07, 6.45) is 5.68. The molecule has 4 nitrogen and oxygen atoms in total. The summed E-state index contributed by atoms with van der Waals surface area (Å²) in [6, 6.07) is 62.1. The Morgan fingerprint density at radius 1 is 0.464 bits per heavy atom. The third-order valence-electron chi connectivity index (χ3n) is 11.0. The van der Waals surface area contributed by atoms with Crippen LogP contribution in [0.4, 0.5) is 0 Å². The van der Waals surface area contributed by atoms with Gasteiger partial charge < -0.3 is 4.57 Å². The van der Waals surface area contributed by atoms with E-state index in [2.05, 4.69) is 132 Å². The van der Waals surface area contributed by atoms with Crippen molar-refractivity contribution in [1.29, 1.82) is 0 Å². The third-order valence-corrected chi connectivity index (χ3v) is 12.4. The first-order valence-electron chi connectivity index (χ1n) is 19.0. The molecular formula is C51H34N4S. The van der Waals surface area contributed by atoms with Crippen molar-refractivity contribution in [2.75, 3.05) is 0 Å². The van der Waals surface area contributed by atoms with E-state index in [0.717, 1.165) is 28.8 Å². The summed E-state index contributed by atoms with van der Waals surface area (Å²) < 4.78 is 5.18. The molecule has 0 spiro atoms. The van der Waals surface area contributed by atoms with Gasteiger partial charge in [-0.2, -0.15) is 0 Å². The van der Waals surface area contributed by atoms with Crippen LogP contribution in [-0.2, 0) is 6.42 Å². The molecule has 1 aliphatic carbocycles. The number of benzene rings is 7. The number of rotatable bonds is 6. The fourth-order valence-electron chi connectivity index (χ4n) is 8.38. The summed E-state index contributed by atoms with van der Waals surface area (Å²) in [4.78, 5) is 14.9. The molecule has 11 rings (SSSR count). The summed E-state index contributed by atoms with van der Waals surface area (Å²) in [7, 11) is 0. The molecule has 10 aromatic rings. The van der Waals surface area contributed by atoms with E-state index in [4.69, 9.17) is 15.0 Å². The molecule has 0 bridgehead atoms. The molecule has 1 unspecified atom stereocenters. The zero-order chi connectivity index (χ0) is 37.0. The van der Waals surface area contributed by atoms with Gasteiger partial charge in [-0.3, -0.25) is 0 Å². The molecule has 0 fully saturated rings. The highest BCUT2D eigenvalue weighted by Crippen LogP contribution is 2.45. The van der Waals surface area contributed by atoms with E-state index in [1.165, 1.54) is 59.0 Å². The first kappa shape index (κ1) is 32.5. The molecule has 0 N–H and O–H groups in total. The van der Waals surface area contributed by atoms with E-state index in [9.17, 15) is 0 Å². The van der Waals surface area contributed by atoms with Gasteiger partial charge in [0.15, 0.2) is 17.5 Å². The van der Waals surface area contributed by atoms with Gasteiger partial charge in [0.25, 0.3) is 0 Å². The van der Waals surface area contributed by atoms with Crippen LogP contribution in [0.2, 0.25) is 0 Å². The lowest BCUT2D eigenvalue weighted by atomic mass is 9.87. The Morgan fingerprint density at radius 2 is 1.00 bits per heavy atom. The van der Waals surface area contributed by atoms with Crippen molar-refractivity contribution in [3.63, 3.8) is 0 Å². The smallest absolute Gasteiger partial charge is 0.164 e. The number of para-hydroxylation sites is 1. The average Bonchev–Trinajstić information content (AvgIpc) is 3.83. The van der Waals surface area contributed by atoms with Crippen LogP contribution in [0.25, 0.3) is 88.1 Å². The van der Waals surface area contributed by atoms with Crippen LogP contribution in [0, 0.1) is 0 Å². The van der Waals surface area contributed by atoms with E-state index in [1.54, 1.807) is 0 Å². The van der Waals surface area contributed by atoms with Gasteiger partial charge >= 0.3 is 0 Å². The number of aromatic nitrogens is 4. The van der Waals surface area contributed by atoms with Crippen LogP contribution in [0.15, 0.2) is 182 Å². The van der Waals surface area contributed by atoms with Crippen molar-refractivity contribution in [2.24, 2.45) is 0 Å². The molecule has 0 saturated heterocycles. The van der Waals surface area contributed by atoms with Crippen LogP contribution < -0.4 is 0 Å². The van der Waals surface area contributed by atoms with Gasteiger partial charge in [0.1, 0.15) is 0 Å². The highest BCUT2D eigenvalue weighted by atomic mass is 32.1. The first-order chi connectivity index (χ1) is 27.8. The van der Waals surface area contributed by atoms with Crippen molar-refractivity contribution in [2.45, 2.75) is 12.3 Å².